The second-order valence-electron chi connectivity index (χ2n) is 2.73. The molecule has 0 saturated heterocycles. The van der Waals surface area contributed by atoms with E-state index >= 15 is 0 Å². The molecule has 1 aromatic rings. The SMILES string of the molecule is CCOc1nc(OCC)c(Br)c(OCC)n1. The van der Waals surface area contributed by atoms with E-state index in [4.69, 9.17) is 14.2 Å². The van der Waals surface area contributed by atoms with Crippen molar-refractivity contribution in [2.75, 3.05) is 19.8 Å². The highest BCUT2D eigenvalue weighted by Crippen LogP contribution is 2.33. The molecule has 5 nitrogen and oxygen atoms in total. The van der Waals surface area contributed by atoms with Crippen molar-refractivity contribution in [2.24, 2.45) is 0 Å². The Morgan fingerprint density at radius 2 is 1.31 bits per heavy atom. The first-order valence-electron chi connectivity index (χ1n) is 5.18. The molecule has 0 spiro atoms. The quantitative estimate of drug-likeness (QED) is 0.805. The van der Waals surface area contributed by atoms with Gasteiger partial charge in [0.2, 0.25) is 11.8 Å². The van der Waals surface area contributed by atoms with Crippen LogP contribution in [0.3, 0.4) is 0 Å². The lowest BCUT2D eigenvalue weighted by molar-refractivity contribution is 0.266. The van der Waals surface area contributed by atoms with Gasteiger partial charge in [0.25, 0.3) is 0 Å². The molecule has 1 heterocycles. The second kappa shape index (κ2) is 6.52. The number of nitrogens with zero attached hydrogens (tertiary/aromatic N) is 2. The smallest absolute Gasteiger partial charge is 0.323 e. The summed E-state index contributed by atoms with van der Waals surface area (Å²) in [6, 6.07) is 0.262. The van der Waals surface area contributed by atoms with Crippen molar-refractivity contribution in [3.63, 3.8) is 0 Å². The molecular weight excluding hydrogens is 276 g/mol. The summed E-state index contributed by atoms with van der Waals surface area (Å²) in [6.45, 7) is 7.18. The minimum atomic E-state index is 0.262. The fourth-order valence-electron chi connectivity index (χ4n) is 1.05. The normalized spacial score (nSPS) is 10.0. The number of hydrogen-bond donors (Lipinski definition) is 0. The van der Waals surface area contributed by atoms with Gasteiger partial charge in [0.15, 0.2) is 0 Å². The lowest BCUT2D eigenvalue weighted by Crippen LogP contribution is -2.05. The highest BCUT2D eigenvalue weighted by atomic mass is 79.9. The molecule has 1 aromatic heterocycles. The van der Waals surface area contributed by atoms with Gasteiger partial charge in [-0.1, -0.05) is 0 Å². The van der Waals surface area contributed by atoms with E-state index in [2.05, 4.69) is 25.9 Å². The topological polar surface area (TPSA) is 53.5 Å². The zero-order valence-electron chi connectivity index (χ0n) is 9.62. The van der Waals surface area contributed by atoms with E-state index < -0.39 is 0 Å². The summed E-state index contributed by atoms with van der Waals surface area (Å²) in [4.78, 5) is 8.22. The van der Waals surface area contributed by atoms with Gasteiger partial charge in [0, 0.05) is 0 Å². The van der Waals surface area contributed by atoms with Crippen LogP contribution in [-0.2, 0) is 0 Å². The summed E-state index contributed by atoms with van der Waals surface area (Å²) in [5.41, 5.74) is 0. The van der Waals surface area contributed by atoms with Gasteiger partial charge in [-0.05, 0) is 36.7 Å². The monoisotopic (exact) mass is 290 g/mol. The van der Waals surface area contributed by atoms with Gasteiger partial charge < -0.3 is 14.2 Å². The minimum Gasteiger partial charge on any atom is -0.477 e. The van der Waals surface area contributed by atoms with Crippen molar-refractivity contribution < 1.29 is 14.2 Å². The van der Waals surface area contributed by atoms with Crippen molar-refractivity contribution >= 4 is 15.9 Å². The van der Waals surface area contributed by atoms with Crippen LogP contribution in [0, 0.1) is 0 Å². The van der Waals surface area contributed by atoms with E-state index in [0.29, 0.717) is 36.1 Å². The molecule has 0 N–H and O–H groups in total. The van der Waals surface area contributed by atoms with Gasteiger partial charge in [0.05, 0.1) is 19.8 Å². The summed E-state index contributed by atoms with van der Waals surface area (Å²) in [6.07, 6.45) is 0. The van der Waals surface area contributed by atoms with Crippen LogP contribution in [0.5, 0.6) is 17.8 Å². The lowest BCUT2D eigenvalue weighted by atomic mass is 10.6. The van der Waals surface area contributed by atoms with Crippen molar-refractivity contribution in [1.29, 1.82) is 0 Å². The molecule has 0 fully saturated rings. The molecular formula is C10H15BrN2O3. The summed E-state index contributed by atoms with van der Waals surface area (Å²) >= 11 is 3.34. The summed E-state index contributed by atoms with van der Waals surface area (Å²) in [5, 5.41) is 0. The first kappa shape index (κ1) is 13.0. The summed E-state index contributed by atoms with van der Waals surface area (Å²) in [5.74, 6) is 0.869. The van der Waals surface area contributed by atoms with Gasteiger partial charge in [-0.3, -0.25) is 0 Å². The third-order valence-electron chi connectivity index (χ3n) is 1.61. The number of halogens is 1. The first-order chi connectivity index (χ1) is 7.72. The molecule has 0 aliphatic carbocycles. The van der Waals surface area contributed by atoms with Crippen molar-refractivity contribution in [3.05, 3.63) is 4.47 Å². The Bertz CT molecular complexity index is 320. The maximum absolute atomic E-state index is 5.35. The number of ether oxygens (including phenoxy) is 3. The van der Waals surface area contributed by atoms with Gasteiger partial charge in [-0.2, -0.15) is 9.97 Å². The minimum absolute atomic E-state index is 0.262. The second-order valence-corrected chi connectivity index (χ2v) is 3.52. The van der Waals surface area contributed by atoms with Crippen LogP contribution >= 0.6 is 15.9 Å². The Morgan fingerprint density at radius 1 is 0.875 bits per heavy atom. The van der Waals surface area contributed by atoms with Crippen LogP contribution in [-0.4, -0.2) is 29.8 Å². The van der Waals surface area contributed by atoms with E-state index in [0.717, 1.165) is 0 Å². The maximum Gasteiger partial charge on any atom is 0.323 e. The molecule has 16 heavy (non-hydrogen) atoms. The predicted octanol–water partition coefficient (Wildman–Crippen LogP) is 2.44. The molecule has 90 valence electrons. The Balaban J connectivity index is 3.05. The van der Waals surface area contributed by atoms with Crippen LogP contribution in [0.15, 0.2) is 4.47 Å². The largest absolute Gasteiger partial charge is 0.477 e. The highest BCUT2D eigenvalue weighted by molar-refractivity contribution is 9.10. The molecule has 1 rings (SSSR count). The average Bonchev–Trinajstić information content (AvgIpc) is 2.26. The van der Waals surface area contributed by atoms with Gasteiger partial charge in [0.1, 0.15) is 4.47 Å². The van der Waals surface area contributed by atoms with Crippen LogP contribution < -0.4 is 14.2 Å². The zero-order valence-corrected chi connectivity index (χ0v) is 11.2. The maximum atomic E-state index is 5.35. The first-order valence-corrected chi connectivity index (χ1v) is 5.98. The van der Waals surface area contributed by atoms with E-state index in [-0.39, 0.29) is 6.01 Å². The van der Waals surface area contributed by atoms with Crippen molar-refractivity contribution in [2.45, 2.75) is 20.8 Å². The Morgan fingerprint density at radius 3 is 1.69 bits per heavy atom. The fraction of sp³-hybridized carbons (Fsp3) is 0.600. The summed E-state index contributed by atoms with van der Waals surface area (Å²) < 4.78 is 16.5. The molecule has 0 bridgehead atoms. The zero-order chi connectivity index (χ0) is 12.0. The molecule has 0 radical (unpaired) electrons. The van der Waals surface area contributed by atoms with Crippen LogP contribution in [0.1, 0.15) is 20.8 Å². The van der Waals surface area contributed by atoms with E-state index in [9.17, 15) is 0 Å². The molecule has 0 amide bonds. The number of hydrogen-bond acceptors (Lipinski definition) is 5. The highest BCUT2D eigenvalue weighted by Gasteiger charge is 2.14. The van der Waals surface area contributed by atoms with Crippen LogP contribution in [0.25, 0.3) is 0 Å². The molecule has 0 saturated carbocycles. The lowest BCUT2D eigenvalue weighted by Gasteiger charge is -2.11. The third-order valence-corrected chi connectivity index (χ3v) is 2.28. The number of rotatable bonds is 6. The van der Waals surface area contributed by atoms with Gasteiger partial charge in [-0.15, -0.1) is 0 Å². The molecule has 0 atom stereocenters. The molecule has 6 heteroatoms. The molecule has 0 aromatic carbocycles. The van der Waals surface area contributed by atoms with Gasteiger partial charge >= 0.3 is 6.01 Å². The number of aromatic nitrogens is 2. The Kier molecular flexibility index (Phi) is 5.31. The Hall–Kier alpha value is -1.04. The van der Waals surface area contributed by atoms with Crippen molar-refractivity contribution in [1.82, 2.24) is 9.97 Å². The van der Waals surface area contributed by atoms with Crippen molar-refractivity contribution in [3.8, 4) is 17.8 Å². The van der Waals surface area contributed by atoms with Crippen LogP contribution in [0.2, 0.25) is 0 Å². The van der Waals surface area contributed by atoms with E-state index in [1.54, 1.807) is 0 Å². The molecule has 0 aliphatic rings. The fourth-order valence-corrected chi connectivity index (χ4v) is 1.45. The third kappa shape index (κ3) is 3.23. The predicted molar refractivity (Wildman–Crippen MR) is 63.2 cm³/mol. The van der Waals surface area contributed by atoms with E-state index in [1.807, 2.05) is 20.8 Å². The summed E-state index contributed by atoms with van der Waals surface area (Å²) in [7, 11) is 0. The average molecular weight is 291 g/mol. The standard InChI is InChI=1S/C10H15BrN2O3/c1-4-14-8-7(11)9(15-5-2)13-10(12-8)16-6-3/h4-6H2,1-3H3. The molecule has 0 aliphatic heterocycles. The van der Waals surface area contributed by atoms with Crippen LogP contribution in [0.4, 0.5) is 0 Å². The van der Waals surface area contributed by atoms with E-state index in [1.165, 1.54) is 0 Å². The molecule has 0 unspecified atom stereocenters. The van der Waals surface area contributed by atoms with Gasteiger partial charge in [-0.25, -0.2) is 0 Å². The Labute approximate surface area is 103 Å².